The summed E-state index contributed by atoms with van der Waals surface area (Å²) in [7, 11) is 0. The SMILES string of the molecule is C=C(C(C)=O)C(CC)CCN.C=C/C=C\C=C/C.CCC(C)=O.CCC(N)=O. The van der Waals surface area contributed by atoms with Gasteiger partial charge in [0.1, 0.15) is 5.78 Å². The third-order valence-corrected chi connectivity index (χ3v) is 3.35. The highest BCUT2D eigenvalue weighted by Gasteiger charge is 2.12. The van der Waals surface area contributed by atoms with Crippen LogP contribution in [-0.2, 0) is 14.4 Å². The number of hydrogen-bond donors (Lipinski definition) is 2. The molecule has 0 fully saturated rings. The van der Waals surface area contributed by atoms with Crippen molar-refractivity contribution >= 4 is 17.5 Å². The molecule has 5 nitrogen and oxygen atoms in total. The molecular weight excluding hydrogens is 352 g/mol. The number of primary amides is 1. The Kier molecular flexibility index (Phi) is 32.1. The van der Waals surface area contributed by atoms with Gasteiger partial charge < -0.3 is 16.3 Å². The summed E-state index contributed by atoms with van der Waals surface area (Å²) in [6.45, 7) is 18.6. The molecule has 0 aromatic rings. The van der Waals surface area contributed by atoms with Crippen LogP contribution >= 0.6 is 0 Å². The Bertz CT molecular complexity index is 478. The van der Waals surface area contributed by atoms with E-state index in [9.17, 15) is 14.4 Å². The number of nitrogens with two attached hydrogens (primary N) is 2. The topological polar surface area (TPSA) is 103 Å². The number of rotatable bonds is 9. The fourth-order valence-corrected chi connectivity index (χ4v) is 1.37. The quantitative estimate of drug-likeness (QED) is 0.438. The summed E-state index contributed by atoms with van der Waals surface area (Å²) >= 11 is 0. The molecule has 0 aliphatic carbocycles. The molecule has 0 aliphatic heterocycles. The minimum absolute atomic E-state index is 0.0882. The van der Waals surface area contributed by atoms with Crippen molar-refractivity contribution in [2.45, 2.75) is 67.2 Å². The highest BCUT2D eigenvalue weighted by atomic mass is 16.1. The van der Waals surface area contributed by atoms with Crippen molar-refractivity contribution in [3.63, 3.8) is 0 Å². The minimum Gasteiger partial charge on any atom is -0.370 e. The summed E-state index contributed by atoms with van der Waals surface area (Å²) in [5.41, 5.74) is 10.8. The average molecular weight is 395 g/mol. The van der Waals surface area contributed by atoms with Gasteiger partial charge in [-0.2, -0.15) is 0 Å². The Balaban J connectivity index is -0.000000147. The molecule has 1 amide bonds. The van der Waals surface area contributed by atoms with Gasteiger partial charge >= 0.3 is 0 Å². The zero-order valence-corrected chi connectivity index (χ0v) is 18.8. The van der Waals surface area contributed by atoms with E-state index in [1.807, 2.05) is 38.2 Å². The van der Waals surface area contributed by atoms with Crippen LogP contribution in [0.3, 0.4) is 0 Å². The van der Waals surface area contributed by atoms with E-state index in [0.29, 0.717) is 19.4 Å². The summed E-state index contributed by atoms with van der Waals surface area (Å²) in [6, 6.07) is 0. The van der Waals surface area contributed by atoms with Crippen LogP contribution in [-0.4, -0.2) is 24.0 Å². The summed E-state index contributed by atoms with van der Waals surface area (Å²) in [6.07, 6.45) is 12.4. The maximum atomic E-state index is 10.9. The van der Waals surface area contributed by atoms with Gasteiger partial charge in [-0.15, -0.1) is 0 Å². The molecule has 0 spiro atoms. The molecule has 28 heavy (non-hydrogen) atoms. The Morgan fingerprint density at radius 3 is 1.68 bits per heavy atom. The van der Waals surface area contributed by atoms with Crippen molar-refractivity contribution in [3.05, 3.63) is 49.1 Å². The van der Waals surface area contributed by atoms with E-state index in [-0.39, 0.29) is 23.4 Å². The lowest BCUT2D eigenvalue weighted by atomic mass is 9.92. The average Bonchev–Trinajstić information content (AvgIpc) is 2.67. The van der Waals surface area contributed by atoms with Gasteiger partial charge in [0.15, 0.2) is 5.78 Å². The number of hydrogen-bond acceptors (Lipinski definition) is 4. The highest BCUT2D eigenvalue weighted by molar-refractivity contribution is 5.93. The van der Waals surface area contributed by atoms with E-state index in [1.165, 1.54) is 0 Å². The molecule has 162 valence electrons. The van der Waals surface area contributed by atoms with Crippen molar-refractivity contribution in [2.75, 3.05) is 6.54 Å². The fourth-order valence-electron chi connectivity index (χ4n) is 1.37. The standard InChI is InChI=1S/C9H17NO.C7H10.C4H8O.C3H7NO/c1-4-9(5-6-10)7(2)8(3)11;1-3-5-7-6-4-2;1-3-4(2)5;1-2-3(4)5/h9H,2,4-6,10H2,1,3H3;3-7H,1H2,2H3;3H2,1-2H3;2H2,1H3,(H2,4,5)/b;6-4-,7-5-;;. The van der Waals surface area contributed by atoms with Gasteiger partial charge in [-0.05, 0) is 51.6 Å². The normalized spacial score (nSPS) is 10.4. The molecule has 4 N–H and O–H groups in total. The lowest BCUT2D eigenvalue weighted by molar-refractivity contribution is -0.118. The lowest BCUT2D eigenvalue weighted by Gasteiger charge is -2.13. The second-order valence-corrected chi connectivity index (χ2v) is 5.79. The lowest BCUT2D eigenvalue weighted by Crippen LogP contribution is -2.13. The molecule has 0 radical (unpaired) electrons. The summed E-state index contributed by atoms with van der Waals surface area (Å²) in [5, 5.41) is 0. The Morgan fingerprint density at radius 2 is 1.46 bits per heavy atom. The number of allylic oxidation sites excluding steroid dienone is 6. The van der Waals surface area contributed by atoms with Gasteiger partial charge in [0.25, 0.3) is 0 Å². The van der Waals surface area contributed by atoms with Crippen LogP contribution in [0.25, 0.3) is 0 Å². The third kappa shape index (κ3) is 34.9. The van der Waals surface area contributed by atoms with Crippen LogP contribution in [0.4, 0.5) is 0 Å². The molecule has 0 bridgehead atoms. The molecule has 5 heteroatoms. The number of amides is 1. The monoisotopic (exact) mass is 394 g/mol. The maximum absolute atomic E-state index is 10.9. The van der Waals surface area contributed by atoms with E-state index < -0.39 is 0 Å². The summed E-state index contributed by atoms with van der Waals surface area (Å²) in [5.74, 6) is 0.387. The fraction of sp³-hybridized carbons (Fsp3) is 0.522. The zero-order valence-electron chi connectivity index (χ0n) is 18.8. The molecule has 1 unspecified atom stereocenters. The number of Topliss-reactive ketones (excluding diaryl/α,β-unsaturated/α-hetero) is 2. The van der Waals surface area contributed by atoms with Gasteiger partial charge in [0, 0.05) is 12.8 Å². The molecule has 0 saturated heterocycles. The van der Waals surface area contributed by atoms with Crippen LogP contribution in [0.15, 0.2) is 49.1 Å². The number of ketones is 2. The Morgan fingerprint density at radius 1 is 1.00 bits per heavy atom. The molecule has 0 rings (SSSR count). The van der Waals surface area contributed by atoms with Crippen molar-refractivity contribution in [3.8, 4) is 0 Å². The van der Waals surface area contributed by atoms with Crippen molar-refractivity contribution in [1.29, 1.82) is 0 Å². The Labute approximate surface area is 172 Å². The smallest absolute Gasteiger partial charge is 0.217 e. The first-order valence-electron chi connectivity index (χ1n) is 9.67. The zero-order chi connectivity index (χ0) is 23.0. The van der Waals surface area contributed by atoms with Crippen LogP contribution in [0.2, 0.25) is 0 Å². The minimum atomic E-state index is -0.245. The largest absolute Gasteiger partial charge is 0.370 e. The molecule has 0 aliphatic rings. The van der Waals surface area contributed by atoms with Crippen LogP contribution in [0.1, 0.15) is 67.2 Å². The van der Waals surface area contributed by atoms with Gasteiger partial charge in [-0.3, -0.25) is 9.59 Å². The molecule has 0 aromatic heterocycles. The second kappa shape index (κ2) is 27.0. The van der Waals surface area contributed by atoms with Crippen molar-refractivity contribution in [2.24, 2.45) is 17.4 Å². The molecule has 0 saturated carbocycles. The molecular formula is C23H42N2O3. The van der Waals surface area contributed by atoms with Crippen molar-refractivity contribution < 1.29 is 14.4 Å². The first-order valence-corrected chi connectivity index (χ1v) is 9.67. The predicted octanol–water partition coefficient (Wildman–Crippen LogP) is 4.68. The second-order valence-electron chi connectivity index (χ2n) is 5.79. The first kappa shape index (κ1) is 33.3. The van der Waals surface area contributed by atoms with E-state index in [0.717, 1.165) is 18.4 Å². The maximum Gasteiger partial charge on any atom is 0.217 e. The third-order valence-electron chi connectivity index (χ3n) is 3.35. The van der Waals surface area contributed by atoms with Crippen molar-refractivity contribution in [1.82, 2.24) is 0 Å². The van der Waals surface area contributed by atoms with Crippen LogP contribution in [0, 0.1) is 5.92 Å². The van der Waals surface area contributed by atoms with E-state index in [4.69, 9.17) is 5.73 Å². The van der Waals surface area contributed by atoms with Gasteiger partial charge in [0.2, 0.25) is 5.91 Å². The number of carbonyl (C=O) groups is 3. The molecule has 0 aromatic carbocycles. The van der Waals surface area contributed by atoms with Gasteiger partial charge in [-0.1, -0.05) is 64.3 Å². The van der Waals surface area contributed by atoms with Crippen LogP contribution in [0.5, 0.6) is 0 Å². The van der Waals surface area contributed by atoms with E-state index in [1.54, 1.807) is 26.8 Å². The molecule has 0 heterocycles. The Hall–Kier alpha value is -2.27. The van der Waals surface area contributed by atoms with Crippen LogP contribution < -0.4 is 11.5 Å². The van der Waals surface area contributed by atoms with E-state index >= 15 is 0 Å². The van der Waals surface area contributed by atoms with Gasteiger partial charge in [0.05, 0.1) is 0 Å². The summed E-state index contributed by atoms with van der Waals surface area (Å²) in [4.78, 5) is 30.3. The van der Waals surface area contributed by atoms with E-state index in [2.05, 4.69) is 25.8 Å². The van der Waals surface area contributed by atoms with Gasteiger partial charge in [-0.25, -0.2) is 0 Å². The summed E-state index contributed by atoms with van der Waals surface area (Å²) < 4.78 is 0. The first-order chi connectivity index (χ1) is 13.1. The highest BCUT2D eigenvalue weighted by Crippen LogP contribution is 2.17. The number of carbonyl (C=O) groups excluding carboxylic acids is 3. The molecule has 1 atom stereocenters. The predicted molar refractivity (Wildman–Crippen MR) is 122 cm³/mol.